The Bertz CT molecular complexity index is 360. The van der Waals surface area contributed by atoms with Crippen LogP contribution in [0.1, 0.15) is 36.5 Å². The first-order valence-electron chi connectivity index (χ1n) is 5.34. The summed E-state index contributed by atoms with van der Waals surface area (Å²) in [7, 11) is 0. The lowest BCUT2D eigenvalue weighted by Gasteiger charge is -2.07. The summed E-state index contributed by atoms with van der Waals surface area (Å²) >= 11 is 0. The number of aromatic carboxylic acids is 1. The number of unbranched alkanes of at least 4 members (excludes halogenated alkanes) is 2. The highest BCUT2D eigenvalue weighted by Gasteiger charge is 2.07. The quantitative estimate of drug-likeness (QED) is 0.729. The molecule has 4 heteroatoms. The molecule has 0 spiro atoms. The molecule has 0 saturated carbocycles. The van der Waals surface area contributed by atoms with E-state index in [1.807, 2.05) is 0 Å². The highest BCUT2D eigenvalue weighted by Crippen LogP contribution is 2.26. The van der Waals surface area contributed by atoms with Crippen LogP contribution in [0.15, 0.2) is 18.2 Å². The van der Waals surface area contributed by atoms with Crippen LogP contribution in [0.2, 0.25) is 0 Å². The van der Waals surface area contributed by atoms with Gasteiger partial charge in [-0.1, -0.05) is 19.8 Å². The van der Waals surface area contributed by atoms with E-state index in [9.17, 15) is 9.90 Å². The first kappa shape index (κ1) is 12.4. The van der Waals surface area contributed by atoms with Gasteiger partial charge in [-0.3, -0.25) is 0 Å². The Morgan fingerprint density at radius 1 is 1.38 bits per heavy atom. The Morgan fingerprint density at radius 3 is 2.69 bits per heavy atom. The monoisotopic (exact) mass is 224 g/mol. The van der Waals surface area contributed by atoms with E-state index in [4.69, 9.17) is 9.84 Å². The van der Waals surface area contributed by atoms with Crippen LogP contribution >= 0.6 is 0 Å². The fraction of sp³-hybridized carbons (Fsp3) is 0.417. The number of benzene rings is 1. The molecule has 1 aromatic carbocycles. The molecule has 1 aromatic rings. The van der Waals surface area contributed by atoms with Gasteiger partial charge >= 0.3 is 5.97 Å². The second kappa shape index (κ2) is 6.00. The Kier molecular flexibility index (Phi) is 4.64. The fourth-order valence-corrected chi connectivity index (χ4v) is 1.31. The van der Waals surface area contributed by atoms with E-state index in [1.54, 1.807) is 0 Å². The molecule has 0 radical (unpaired) electrons. The molecule has 0 aliphatic heterocycles. The topological polar surface area (TPSA) is 66.8 Å². The molecule has 88 valence electrons. The molecule has 0 atom stereocenters. The van der Waals surface area contributed by atoms with E-state index >= 15 is 0 Å². The van der Waals surface area contributed by atoms with Crippen molar-refractivity contribution in [1.82, 2.24) is 0 Å². The van der Waals surface area contributed by atoms with E-state index < -0.39 is 5.97 Å². The van der Waals surface area contributed by atoms with Gasteiger partial charge in [-0.15, -0.1) is 0 Å². The van der Waals surface area contributed by atoms with Gasteiger partial charge in [0.05, 0.1) is 12.2 Å². The minimum absolute atomic E-state index is 0.0541. The zero-order valence-electron chi connectivity index (χ0n) is 9.27. The lowest BCUT2D eigenvalue weighted by atomic mass is 10.2. The van der Waals surface area contributed by atoms with Crippen LogP contribution < -0.4 is 4.74 Å². The molecule has 0 bridgehead atoms. The number of hydrogen-bond donors (Lipinski definition) is 2. The van der Waals surface area contributed by atoms with Crippen LogP contribution in [-0.2, 0) is 0 Å². The Morgan fingerprint density at radius 2 is 2.12 bits per heavy atom. The molecule has 0 unspecified atom stereocenters. The summed E-state index contributed by atoms with van der Waals surface area (Å²) in [5.41, 5.74) is 0.0541. The van der Waals surface area contributed by atoms with Gasteiger partial charge in [0, 0.05) is 0 Å². The Balaban J connectivity index is 2.57. The predicted molar refractivity (Wildman–Crippen MR) is 60.1 cm³/mol. The first-order valence-corrected chi connectivity index (χ1v) is 5.34. The highest BCUT2D eigenvalue weighted by atomic mass is 16.5. The zero-order chi connectivity index (χ0) is 12.0. The summed E-state index contributed by atoms with van der Waals surface area (Å²) in [4.78, 5) is 10.6. The van der Waals surface area contributed by atoms with Crippen LogP contribution in [0, 0.1) is 0 Å². The van der Waals surface area contributed by atoms with Gasteiger partial charge in [0.2, 0.25) is 0 Å². The van der Waals surface area contributed by atoms with Gasteiger partial charge in [-0.25, -0.2) is 4.79 Å². The second-order valence-corrected chi connectivity index (χ2v) is 3.54. The van der Waals surface area contributed by atoms with E-state index in [2.05, 4.69) is 6.92 Å². The maximum atomic E-state index is 10.6. The van der Waals surface area contributed by atoms with Crippen molar-refractivity contribution >= 4 is 5.97 Å². The molecular weight excluding hydrogens is 208 g/mol. The summed E-state index contributed by atoms with van der Waals surface area (Å²) < 4.78 is 5.33. The maximum Gasteiger partial charge on any atom is 0.335 e. The van der Waals surface area contributed by atoms with Crippen molar-refractivity contribution < 1.29 is 19.7 Å². The average molecular weight is 224 g/mol. The van der Waals surface area contributed by atoms with Crippen LogP contribution in [0.25, 0.3) is 0 Å². The van der Waals surface area contributed by atoms with Gasteiger partial charge in [0.15, 0.2) is 11.5 Å². The van der Waals surface area contributed by atoms with Crippen LogP contribution in [0.3, 0.4) is 0 Å². The summed E-state index contributed by atoms with van der Waals surface area (Å²) in [6, 6.07) is 4.08. The van der Waals surface area contributed by atoms with E-state index in [-0.39, 0.29) is 11.3 Å². The Labute approximate surface area is 94.5 Å². The SMILES string of the molecule is CCCCCOc1ccc(C(=O)O)cc1O. The van der Waals surface area contributed by atoms with Crippen LogP contribution in [0.5, 0.6) is 11.5 Å². The molecule has 0 aliphatic carbocycles. The van der Waals surface area contributed by atoms with Crippen molar-refractivity contribution in [2.75, 3.05) is 6.61 Å². The van der Waals surface area contributed by atoms with Crippen molar-refractivity contribution in [2.24, 2.45) is 0 Å². The van der Waals surface area contributed by atoms with Crippen LogP contribution in [-0.4, -0.2) is 22.8 Å². The summed E-state index contributed by atoms with van der Waals surface area (Å²) in [6.45, 7) is 2.63. The maximum absolute atomic E-state index is 10.6. The number of ether oxygens (including phenoxy) is 1. The third kappa shape index (κ3) is 3.46. The minimum Gasteiger partial charge on any atom is -0.504 e. The molecule has 2 N–H and O–H groups in total. The molecule has 0 aliphatic rings. The van der Waals surface area contributed by atoms with Gasteiger partial charge in [0.25, 0.3) is 0 Å². The van der Waals surface area contributed by atoms with Gasteiger partial charge in [-0.05, 0) is 24.6 Å². The molecule has 0 fully saturated rings. The number of phenols is 1. The number of carbonyl (C=O) groups is 1. The van der Waals surface area contributed by atoms with Gasteiger partial charge < -0.3 is 14.9 Å². The third-order valence-corrected chi connectivity index (χ3v) is 2.21. The van der Waals surface area contributed by atoms with Crippen molar-refractivity contribution in [1.29, 1.82) is 0 Å². The first-order chi connectivity index (χ1) is 7.65. The van der Waals surface area contributed by atoms with E-state index in [1.165, 1.54) is 18.2 Å². The standard InChI is InChI=1S/C12H16O4/c1-2-3-4-7-16-11-6-5-9(12(14)15)8-10(11)13/h5-6,8,13H,2-4,7H2,1H3,(H,14,15). The van der Waals surface area contributed by atoms with Crippen molar-refractivity contribution in [3.63, 3.8) is 0 Å². The zero-order valence-corrected chi connectivity index (χ0v) is 9.27. The predicted octanol–water partition coefficient (Wildman–Crippen LogP) is 2.66. The lowest BCUT2D eigenvalue weighted by Crippen LogP contribution is -1.99. The normalized spacial score (nSPS) is 10.1. The molecular formula is C12H16O4. The van der Waals surface area contributed by atoms with Crippen molar-refractivity contribution in [3.05, 3.63) is 23.8 Å². The average Bonchev–Trinajstić information content (AvgIpc) is 2.26. The number of carboxylic acid groups (broad SMARTS) is 1. The van der Waals surface area contributed by atoms with Crippen LogP contribution in [0.4, 0.5) is 0 Å². The molecule has 1 rings (SSSR count). The third-order valence-electron chi connectivity index (χ3n) is 2.21. The highest BCUT2D eigenvalue weighted by molar-refractivity contribution is 5.88. The van der Waals surface area contributed by atoms with E-state index in [0.717, 1.165) is 19.3 Å². The molecule has 0 heterocycles. The van der Waals surface area contributed by atoms with Crippen molar-refractivity contribution in [2.45, 2.75) is 26.2 Å². The number of aromatic hydroxyl groups is 1. The van der Waals surface area contributed by atoms with Gasteiger partial charge in [0.1, 0.15) is 0 Å². The molecule has 16 heavy (non-hydrogen) atoms. The minimum atomic E-state index is -1.06. The van der Waals surface area contributed by atoms with E-state index in [0.29, 0.717) is 12.4 Å². The molecule has 4 nitrogen and oxygen atoms in total. The van der Waals surface area contributed by atoms with Crippen molar-refractivity contribution in [3.8, 4) is 11.5 Å². The fourth-order valence-electron chi connectivity index (χ4n) is 1.31. The lowest BCUT2D eigenvalue weighted by molar-refractivity contribution is 0.0696. The summed E-state index contributed by atoms with van der Waals surface area (Å²) in [6.07, 6.45) is 3.11. The smallest absolute Gasteiger partial charge is 0.335 e. The second-order valence-electron chi connectivity index (χ2n) is 3.54. The number of phenolic OH excluding ortho intramolecular Hbond substituents is 1. The Hall–Kier alpha value is -1.71. The largest absolute Gasteiger partial charge is 0.504 e. The number of rotatable bonds is 6. The summed E-state index contributed by atoms with van der Waals surface area (Å²) in [5.74, 6) is -0.856. The molecule has 0 saturated heterocycles. The number of hydrogen-bond acceptors (Lipinski definition) is 3. The number of carboxylic acids is 1. The van der Waals surface area contributed by atoms with Gasteiger partial charge in [-0.2, -0.15) is 0 Å². The molecule has 0 amide bonds. The summed E-state index contributed by atoms with van der Waals surface area (Å²) in [5, 5.41) is 18.2. The molecule has 0 aromatic heterocycles.